The Balaban J connectivity index is 2.05. The SMILES string of the molecule is O=Cc1ccc2nnc(C3CCCCC3)n2c1. The number of hydrogen-bond donors (Lipinski definition) is 0. The number of carbonyl (C=O) groups excluding carboxylic acids is 1. The summed E-state index contributed by atoms with van der Waals surface area (Å²) < 4.78 is 1.97. The lowest BCUT2D eigenvalue weighted by atomic mass is 9.89. The van der Waals surface area contributed by atoms with Gasteiger partial charge in [-0.25, -0.2) is 0 Å². The number of aldehydes is 1. The number of hydrogen-bond acceptors (Lipinski definition) is 3. The van der Waals surface area contributed by atoms with Gasteiger partial charge in [-0.05, 0) is 25.0 Å². The zero-order valence-corrected chi connectivity index (χ0v) is 9.67. The second-order valence-electron chi connectivity index (χ2n) is 4.70. The van der Waals surface area contributed by atoms with Crippen molar-refractivity contribution in [2.75, 3.05) is 0 Å². The van der Waals surface area contributed by atoms with Gasteiger partial charge in [0.15, 0.2) is 11.9 Å². The van der Waals surface area contributed by atoms with Crippen molar-refractivity contribution in [2.45, 2.75) is 38.0 Å². The van der Waals surface area contributed by atoms with E-state index in [1.165, 1.54) is 32.1 Å². The van der Waals surface area contributed by atoms with Crippen molar-refractivity contribution in [1.29, 1.82) is 0 Å². The van der Waals surface area contributed by atoms with E-state index in [1.54, 1.807) is 6.07 Å². The van der Waals surface area contributed by atoms with Gasteiger partial charge in [0.2, 0.25) is 0 Å². The normalized spacial score (nSPS) is 17.4. The number of nitrogens with zero attached hydrogens (tertiary/aromatic N) is 3. The van der Waals surface area contributed by atoms with E-state index in [9.17, 15) is 4.79 Å². The molecule has 0 unspecified atom stereocenters. The summed E-state index contributed by atoms with van der Waals surface area (Å²) in [4.78, 5) is 10.8. The standard InChI is InChI=1S/C13H15N3O/c17-9-10-6-7-12-14-15-13(16(12)8-10)11-4-2-1-3-5-11/h6-9,11H,1-5H2. The molecule has 4 nitrogen and oxygen atoms in total. The quantitative estimate of drug-likeness (QED) is 0.743. The van der Waals surface area contributed by atoms with Crippen molar-refractivity contribution in [3.05, 3.63) is 29.7 Å². The molecule has 0 bridgehead atoms. The van der Waals surface area contributed by atoms with Gasteiger partial charge in [0.1, 0.15) is 5.82 Å². The van der Waals surface area contributed by atoms with E-state index in [4.69, 9.17) is 0 Å². The number of aromatic nitrogens is 3. The van der Waals surface area contributed by atoms with Crippen molar-refractivity contribution >= 4 is 11.9 Å². The van der Waals surface area contributed by atoms with Crippen LogP contribution >= 0.6 is 0 Å². The van der Waals surface area contributed by atoms with Crippen LogP contribution in [0.5, 0.6) is 0 Å². The monoisotopic (exact) mass is 229 g/mol. The predicted molar refractivity (Wildman–Crippen MR) is 64.2 cm³/mol. The zero-order chi connectivity index (χ0) is 11.7. The van der Waals surface area contributed by atoms with Crippen LogP contribution in [0.15, 0.2) is 18.3 Å². The number of pyridine rings is 1. The van der Waals surface area contributed by atoms with Crippen molar-refractivity contribution in [1.82, 2.24) is 14.6 Å². The lowest BCUT2D eigenvalue weighted by Crippen LogP contribution is -2.08. The summed E-state index contributed by atoms with van der Waals surface area (Å²) in [5.74, 6) is 1.52. The smallest absolute Gasteiger partial charge is 0.160 e. The highest BCUT2D eigenvalue weighted by atomic mass is 16.1. The van der Waals surface area contributed by atoms with Crippen LogP contribution in [0.3, 0.4) is 0 Å². The molecule has 1 fully saturated rings. The Morgan fingerprint density at radius 3 is 2.76 bits per heavy atom. The molecule has 2 heterocycles. The van der Waals surface area contributed by atoms with Gasteiger partial charge in [0.25, 0.3) is 0 Å². The average Bonchev–Trinajstić information content (AvgIpc) is 2.82. The van der Waals surface area contributed by atoms with Crippen LogP contribution in [0.1, 0.15) is 54.2 Å². The van der Waals surface area contributed by atoms with Gasteiger partial charge in [0, 0.05) is 17.7 Å². The second kappa shape index (κ2) is 4.28. The Labute approximate surface area is 99.7 Å². The molecule has 1 aliphatic carbocycles. The Kier molecular flexibility index (Phi) is 2.63. The summed E-state index contributed by atoms with van der Waals surface area (Å²) in [6.07, 6.45) is 8.95. The summed E-state index contributed by atoms with van der Waals surface area (Å²) in [5, 5.41) is 8.46. The van der Waals surface area contributed by atoms with Gasteiger partial charge >= 0.3 is 0 Å². The Bertz CT molecular complexity index is 541. The maximum atomic E-state index is 10.8. The molecule has 0 atom stereocenters. The largest absolute Gasteiger partial charge is 0.298 e. The van der Waals surface area contributed by atoms with Crippen LogP contribution in [0, 0.1) is 0 Å². The minimum Gasteiger partial charge on any atom is -0.298 e. The molecule has 0 N–H and O–H groups in total. The summed E-state index contributed by atoms with van der Waals surface area (Å²) in [7, 11) is 0. The number of fused-ring (bicyclic) bond motifs is 1. The first-order valence-electron chi connectivity index (χ1n) is 6.18. The third-order valence-electron chi connectivity index (χ3n) is 3.56. The molecule has 2 aromatic heterocycles. The van der Waals surface area contributed by atoms with E-state index in [0.717, 1.165) is 17.8 Å². The van der Waals surface area contributed by atoms with Crippen LogP contribution < -0.4 is 0 Å². The number of rotatable bonds is 2. The van der Waals surface area contributed by atoms with E-state index in [-0.39, 0.29) is 0 Å². The van der Waals surface area contributed by atoms with Crippen LogP contribution in [0.4, 0.5) is 0 Å². The average molecular weight is 229 g/mol. The van der Waals surface area contributed by atoms with E-state index < -0.39 is 0 Å². The highest BCUT2D eigenvalue weighted by molar-refractivity contribution is 5.74. The van der Waals surface area contributed by atoms with Crippen molar-refractivity contribution in [3.63, 3.8) is 0 Å². The predicted octanol–water partition coefficient (Wildman–Crippen LogP) is 2.59. The Morgan fingerprint density at radius 2 is 2.00 bits per heavy atom. The van der Waals surface area contributed by atoms with Gasteiger partial charge < -0.3 is 0 Å². The topological polar surface area (TPSA) is 47.3 Å². The lowest BCUT2D eigenvalue weighted by Gasteiger charge is -2.19. The molecular weight excluding hydrogens is 214 g/mol. The molecule has 0 radical (unpaired) electrons. The van der Waals surface area contributed by atoms with Crippen LogP contribution in [0.2, 0.25) is 0 Å². The van der Waals surface area contributed by atoms with Crippen molar-refractivity contribution < 1.29 is 4.79 Å². The number of carbonyl (C=O) groups is 1. The third kappa shape index (κ3) is 1.84. The summed E-state index contributed by atoms with van der Waals surface area (Å²) in [6.45, 7) is 0. The molecule has 0 amide bonds. The maximum absolute atomic E-state index is 10.8. The van der Waals surface area contributed by atoms with E-state index in [1.807, 2.05) is 16.7 Å². The highest BCUT2D eigenvalue weighted by Gasteiger charge is 2.20. The zero-order valence-electron chi connectivity index (χ0n) is 9.67. The molecule has 1 saturated carbocycles. The fourth-order valence-electron chi connectivity index (χ4n) is 2.63. The van der Waals surface area contributed by atoms with Crippen LogP contribution in [-0.4, -0.2) is 20.9 Å². The molecule has 0 aromatic carbocycles. The fraction of sp³-hybridized carbons (Fsp3) is 0.462. The highest BCUT2D eigenvalue weighted by Crippen LogP contribution is 2.31. The minimum absolute atomic E-state index is 0.501. The van der Waals surface area contributed by atoms with Crippen LogP contribution in [-0.2, 0) is 0 Å². The molecule has 17 heavy (non-hydrogen) atoms. The molecular formula is C13H15N3O. The molecule has 1 aliphatic rings. The first-order valence-corrected chi connectivity index (χ1v) is 6.18. The molecule has 0 saturated heterocycles. The summed E-state index contributed by atoms with van der Waals surface area (Å²) in [6, 6.07) is 3.63. The van der Waals surface area contributed by atoms with Gasteiger partial charge in [-0.15, -0.1) is 10.2 Å². The van der Waals surface area contributed by atoms with Gasteiger partial charge in [-0.2, -0.15) is 0 Å². The molecule has 2 aromatic rings. The Hall–Kier alpha value is -1.71. The van der Waals surface area contributed by atoms with E-state index >= 15 is 0 Å². The minimum atomic E-state index is 0.501. The van der Waals surface area contributed by atoms with Gasteiger partial charge in [0.05, 0.1) is 0 Å². The maximum Gasteiger partial charge on any atom is 0.160 e. The fourth-order valence-corrected chi connectivity index (χ4v) is 2.63. The van der Waals surface area contributed by atoms with Gasteiger partial charge in [-0.3, -0.25) is 9.20 Å². The molecule has 0 spiro atoms. The molecule has 4 heteroatoms. The van der Waals surface area contributed by atoms with Crippen molar-refractivity contribution in [2.24, 2.45) is 0 Å². The first kappa shape index (κ1) is 10.4. The summed E-state index contributed by atoms with van der Waals surface area (Å²) >= 11 is 0. The van der Waals surface area contributed by atoms with Gasteiger partial charge in [-0.1, -0.05) is 19.3 Å². The molecule has 3 rings (SSSR count). The second-order valence-corrected chi connectivity index (χ2v) is 4.70. The lowest BCUT2D eigenvalue weighted by molar-refractivity contribution is 0.112. The third-order valence-corrected chi connectivity index (χ3v) is 3.56. The van der Waals surface area contributed by atoms with E-state index in [2.05, 4.69) is 10.2 Å². The Morgan fingerprint density at radius 1 is 1.18 bits per heavy atom. The van der Waals surface area contributed by atoms with Crippen molar-refractivity contribution in [3.8, 4) is 0 Å². The van der Waals surface area contributed by atoms with E-state index in [0.29, 0.717) is 11.5 Å². The molecule has 88 valence electrons. The molecule has 0 aliphatic heterocycles. The first-order chi connectivity index (χ1) is 8.38. The van der Waals surface area contributed by atoms with Crippen LogP contribution in [0.25, 0.3) is 5.65 Å². The summed E-state index contributed by atoms with van der Waals surface area (Å²) in [5.41, 5.74) is 1.51.